The predicted molar refractivity (Wildman–Crippen MR) is 87.2 cm³/mol. The highest BCUT2D eigenvalue weighted by Crippen LogP contribution is 2.53. The molecule has 1 amide bonds. The van der Waals surface area contributed by atoms with Gasteiger partial charge in [0, 0.05) is 6.04 Å². The van der Waals surface area contributed by atoms with Gasteiger partial charge in [-0.3, -0.25) is 19.6 Å². The van der Waals surface area contributed by atoms with Crippen molar-refractivity contribution in [2.24, 2.45) is 23.7 Å². The van der Waals surface area contributed by atoms with Gasteiger partial charge in [0.2, 0.25) is 5.91 Å². The number of hydrogen-bond donors (Lipinski definition) is 1. The third-order valence-corrected chi connectivity index (χ3v) is 6.34. The first-order valence-electron chi connectivity index (χ1n) is 9.04. The molecule has 0 saturated heterocycles. The van der Waals surface area contributed by atoms with E-state index < -0.39 is 11.0 Å². The topological polar surface area (TPSA) is 90.1 Å². The summed E-state index contributed by atoms with van der Waals surface area (Å²) in [5.41, 5.74) is -0.0733. The third kappa shape index (κ3) is 2.59. The smallest absolute Gasteiger partial charge is 0.307 e. The molecule has 4 saturated carbocycles. The van der Waals surface area contributed by atoms with Crippen LogP contribution >= 0.6 is 0 Å². The van der Waals surface area contributed by atoms with Crippen molar-refractivity contribution in [3.8, 4) is 0 Å². The van der Waals surface area contributed by atoms with E-state index in [0.717, 1.165) is 11.8 Å². The molecule has 1 N–H and O–H groups in total. The Morgan fingerprint density at radius 3 is 2.46 bits per heavy atom. The highest BCUT2D eigenvalue weighted by Gasteiger charge is 2.48. The standard InChI is InChI=1S/C17H24N4O3/c1-2-15(20-9-14(8-18-20)21(23)24)17(22)19-16-12-4-10-3-11(6-12)7-13(16)5-10/h8-13,15-16H,2-7H2,1H3,(H,19,22). The van der Waals surface area contributed by atoms with E-state index >= 15 is 0 Å². The largest absolute Gasteiger partial charge is 0.351 e. The lowest BCUT2D eigenvalue weighted by atomic mass is 9.54. The summed E-state index contributed by atoms with van der Waals surface area (Å²) in [6, 6.07) is -0.194. The van der Waals surface area contributed by atoms with Gasteiger partial charge in [-0.1, -0.05) is 6.92 Å². The summed E-state index contributed by atoms with van der Waals surface area (Å²) in [6.45, 7) is 1.91. The fraction of sp³-hybridized carbons (Fsp3) is 0.765. The summed E-state index contributed by atoms with van der Waals surface area (Å²) < 4.78 is 1.43. The quantitative estimate of drug-likeness (QED) is 0.663. The van der Waals surface area contributed by atoms with Crippen molar-refractivity contribution in [1.29, 1.82) is 0 Å². The number of nitro groups is 1. The molecule has 1 atom stereocenters. The van der Waals surface area contributed by atoms with Crippen molar-refractivity contribution in [3.05, 3.63) is 22.5 Å². The number of amides is 1. The van der Waals surface area contributed by atoms with Gasteiger partial charge in [-0.25, -0.2) is 0 Å². The molecular formula is C17H24N4O3. The van der Waals surface area contributed by atoms with E-state index in [4.69, 9.17) is 0 Å². The molecule has 1 heterocycles. The van der Waals surface area contributed by atoms with Crippen LogP contribution in [0.2, 0.25) is 0 Å². The number of rotatable bonds is 5. The Morgan fingerprint density at radius 1 is 1.33 bits per heavy atom. The van der Waals surface area contributed by atoms with E-state index in [0.29, 0.717) is 18.3 Å². The van der Waals surface area contributed by atoms with Crippen LogP contribution in [0.1, 0.15) is 51.5 Å². The van der Waals surface area contributed by atoms with Crippen LogP contribution in [0.4, 0.5) is 5.69 Å². The van der Waals surface area contributed by atoms with Crippen LogP contribution in [0, 0.1) is 33.8 Å². The van der Waals surface area contributed by atoms with Gasteiger partial charge < -0.3 is 5.32 Å². The zero-order chi connectivity index (χ0) is 16.8. The molecule has 24 heavy (non-hydrogen) atoms. The van der Waals surface area contributed by atoms with Gasteiger partial charge >= 0.3 is 5.69 Å². The van der Waals surface area contributed by atoms with Crippen LogP contribution < -0.4 is 5.32 Å². The molecule has 7 nitrogen and oxygen atoms in total. The molecule has 0 radical (unpaired) electrons. The molecule has 4 aliphatic rings. The molecule has 0 aliphatic heterocycles. The van der Waals surface area contributed by atoms with Gasteiger partial charge in [-0.15, -0.1) is 0 Å². The second kappa shape index (κ2) is 5.86. The van der Waals surface area contributed by atoms with Crippen LogP contribution in [0.5, 0.6) is 0 Å². The highest BCUT2D eigenvalue weighted by molar-refractivity contribution is 5.80. The maximum atomic E-state index is 12.8. The first-order chi connectivity index (χ1) is 11.5. The molecule has 7 heteroatoms. The fourth-order valence-corrected chi connectivity index (χ4v) is 5.51. The zero-order valence-electron chi connectivity index (χ0n) is 13.9. The Kier molecular flexibility index (Phi) is 3.81. The van der Waals surface area contributed by atoms with Gasteiger partial charge in [0.15, 0.2) is 0 Å². The van der Waals surface area contributed by atoms with Crippen LogP contribution in [0.25, 0.3) is 0 Å². The van der Waals surface area contributed by atoms with Crippen molar-refractivity contribution in [1.82, 2.24) is 15.1 Å². The number of carbonyl (C=O) groups is 1. The molecule has 0 aromatic carbocycles. The predicted octanol–water partition coefficient (Wildman–Crippen LogP) is 2.68. The normalized spacial score (nSPS) is 35.0. The molecule has 4 aliphatic carbocycles. The van der Waals surface area contributed by atoms with Crippen LogP contribution in [0.15, 0.2) is 12.4 Å². The van der Waals surface area contributed by atoms with Crippen LogP contribution in [-0.4, -0.2) is 26.7 Å². The Labute approximate surface area is 140 Å². The number of hydrogen-bond acceptors (Lipinski definition) is 4. The van der Waals surface area contributed by atoms with Crippen molar-refractivity contribution in [3.63, 3.8) is 0 Å². The lowest BCUT2D eigenvalue weighted by Gasteiger charge is -2.54. The SMILES string of the molecule is CCC(C(=O)NC1C2CC3CC(C2)CC1C3)n1cc([N+](=O)[O-])cn1. The highest BCUT2D eigenvalue weighted by atomic mass is 16.6. The molecular weight excluding hydrogens is 308 g/mol. The maximum Gasteiger partial charge on any atom is 0.307 e. The zero-order valence-corrected chi connectivity index (χ0v) is 13.9. The lowest BCUT2D eigenvalue weighted by Crippen LogP contribution is -2.56. The average molecular weight is 332 g/mol. The van der Waals surface area contributed by atoms with E-state index in [9.17, 15) is 14.9 Å². The van der Waals surface area contributed by atoms with E-state index in [1.807, 2.05) is 6.92 Å². The van der Waals surface area contributed by atoms with E-state index in [2.05, 4.69) is 10.4 Å². The summed E-state index contributed by atoms with van der Waals surface area (Å²) >= 11 is 0. The van der Waals surface area contributed by atoms with Gasteiger partial charge in [0.25, 0.3) is 0 Å². The number of nitrogens with one attached hydrogen (secondary N) is 1. The summed E-state index contributed by atoms with van der Waals surface area (Å²) in [6.07, 6.45) is 9.53. The maximum absolute atomic E-state index is 12.8. The number of carbonyl (C=O) groups excluding carboxylic acids is 1. The minimum Gasteiger partial charge on any atom is -0.351 e. The first-order valence-corrected chi connectivity index (χ1v) is 9.04. The average Bonchev–Trinajstić information content (AvgIpc) is 3.01. The van der Waals surface area contributed by atoms with Gasteiger partial charge in [0.05, 0.1) is 4.92 Å². The Morgan fingerprint density at radius 2 is 1.96 bits per heavy atom. The number of aromatic nitrogens is 2. The van der Waals surface area contributed by atoms with E-state index in [1.165, 1.54) is 49.2 Å². The second-order valence-corrected chi connectivity index (χ2v) is 7.82. The Bertz CT molecular complexity index is 628. The molecule has 130 valence electrons. The minimum atomic E-state index is -0.480. The van der Waals surface area contributed by atoms with Crippen molar-refractivity contribution in [2.45, 2.75) is 57.5 Å². The fourth-order valence-electron chi connectivity index (χ4n) is 5.51. The second-order valence-electron chi connectivity index (χ2n) is 7.82. The molecule has 4 bridgehead atoms. The molecule has 1 aromatic heterocycles. The van der Waals surface area contributed by atoms with Crippen LogP contribution in [-0.2, 0) is 4.79 Å². The Balaban J connectivity index is 1.47. The molecule has 4 fully saturated rings. The molecule has 0 spiro atoms. The van der Waals surface area contributed by atoms with Crippen LogP contribution in [0.3, 0.4) is 0 Å². The lowest BCUT2D eigenvalue weighted by molar-refractivity contribution is -0.385. The summed E-state index contributed by atoms with van der Waals surface area (Å²) in [5.74, 6) is 2.94. The van der Waals surface area contributed by atoms with Crippen molar-refractivity contribution < 1.29 is 9.72 Å². The summed E-state index contributed by atoms with van der Waals surface area (Å²) in [5, 5.41) is 18.1. The molecule has 1 unspecified atom stereocenters. The van der Waals surface area contributed by atoms with Crippen molar-refractivity contribution >= 4 is 11.6 Å². The summed E-state index contributed by atoms with van der Waals surface area (Å²) in [4.78, 5) is 23.2. The van der Waals surface area contributed by atoms with Gasteiger partial charge in [-0.05, 0) is 62.2 Å². The third-order valence-electron chi connectivity index (χ3n) is 6.34. The molecule has 5 rings (SSSR count). The summed E-state index contributed by atoms with van der Waals surface area (Å²) in [7, 11) is 0. The number of nitrogens with zero attached hydrogens (tertiary/aromatic N) is 3. The molecule has 1 aromatic rings. The first kappa shape index (κ1) is 15.6. The van der Waals surface area contributed by atoms with Crippen molar-refractivity contribution in [2.75, 3.05) is 0 Å². The van der Waals surface area contributed by atoms with E-state index in [1.54, 1.807) is 0 Å². The Hall–Kier alpha value is -1.92. The van der Waals surface area contributed by atoms with Gasteiger partial charge in [0.1, 0.15) is 18.4 Å². The van der Waals surface area contributed by atoms with E-state index in [-0.39, 0.29) is 17.6 Å². The minimum absolute atomic E-state index is 0.0482. The van der Waals surface area contributed by atoms with Gasteiger partial charge in [-0.2, -0.15) is 5.10 Å². The monoisotopic (exact) mass is 332 g/mol.